The Morgan fingerprint density at radius 2 is 2.20 bits per heavy atom. The van der Waals surface area contributed by atoms with E-state index in [1.165, 1.54) is 12.1 Å². The summed E-state index contributed by atoms with van der Waals surface area (Å²) in [5.41, 5.74) is 6.49. The van der Waals surface area contributed by atoms with Crippen molar-refractivity contribution in [2.24, 2.45) is 5.73 Å². The molecule has 3 N–H and O–H groups in total. The Balaban J connectivity index is 2.68. The van der Waals surface area contributed by atoms with Crippen molar-refractivity contribution in [2.45, 2.75) is 31.9 Å². The summed E-state index contributed by atoms with van der Waals surface area (Å²) in [6.45, 7) is 1.85. The van der Waals surface area contributed by atoms with Crippen molar-refractivity contribution >= 4 is 11.6 Å². The van der Waals surface area contributed by atoms with Gasteiger partial charge in [0.05, 0.1) is 11.1 Å². The summed E-state index contributed by atoms with van der Waals surface area (Å²) < 4.78 is 13.1. The highest BCUT2D eigenvalue weighted by Gasteiger charge is 2.13. The van der Waals surface area contributed by atoms with Gasteiger partial charge in [0, 0.05) is 6.04 Å². The SMILES string of the molecule is CCC(O)C(N)Cc1ccc(Cl)c(F)c1. The van der Waals surface area contributed by atoms with Gasteiger partial charge in [-0.15, -0.1) is 0 Å². The van der Waals surface area contributed by atoms with E-state index < -0.39 is 11.9 Å². The van der Waals surface area contributed by atoms with Gasteiger partial charge in [-0.1, -0.05) is 24.6 Å². The van der Waals surface area contributed by atoms with Gasteiger partial charge < -0.3 is 10.8 Å². The Morgan fingerprint density at radius 3 is 2.73 bits per heavy atom. The lowest BCUT2D eigenvalue weighted by Gasteiger charge is -2.17. The second-order valence-corrected chi connectivity index (χ2v) is 4.00. The molecule has 0 spiro atoms. The fourth-order valence-corrected chi connectivity index (χ4v) is 1.50. The summed E-state index contributed by atoms with van der Waals surface area (Å²) in [7, 11) is 0. The van der Waals surface area contributed by atoms with Crippen molar-refractivity contribution in [1.82, 2.24) is 0 Å². The van der Waals surface area contributed by atoms with Crippen molar-refractivity contribution in [3.8, 4) is 0 Å². The molecular weight excluding hydrogens is 217 g/mol. The van der Waals surface area contributed by atoms with E-state index in [9.17, 15) is 9.50 Å². The average molecular weight is 232 g/mol. The number of benzene rings is 1. The molecular formula is C11H15ClFNO. The van der Waals surface area contributed by atoms with E-state index in [-0.39, 0.29) is 11.1 Å². The Labute approximate surface area is 93.9 Å². The van der Waals surface area contributed by atoms with E-state index in [1.54, 1.807) is 6.07 Å². The molecule has 84 valence electrons. The van der Waals surface area contributed by atoms with Crippen LogP contribution in [0.1, 0.15) is 18.9 Å². The molecule has 0 saturated heterocycles. The summed E-state index contributed by atoms with van der Waals surface area (Å²) in [6, 6.07) is 4.20. The van der Waals surface area contributed by atoms with Crippen molar-refractivity contribution in [2.75, 3.05) is 0 Å². The topological polar surface area (TPSA) is 46.2 Å². The Bertz CT molecular complexity index is 332. The Hall–Kier alpha value is -0.640. The quantitative estimate of drug-likeness (QED) is 0.834. The molecule has 15 heavy (non-hydrogen) atoms. The number of aliphatic hydroxyl groups excluding tert-OH is 1. The van der Waals surface area contributed by atoms with Gasteiger partial charge in [0.2, 0.25) is 0 Å². The zero-order valence-corrected chi connectivity index (χ0v) is 9.34. The predicted molar refractivity (Wildman–Crippen MR) is 59.4 cm³/mol. The van der Waals surface area contributed by atoms with E-state index in [0.29, 0.717) is 12.8 Å². The minimum Gasteiger partial charge on any atom is -0.392 e. The number of halogens is 2. The van der Waals surface area contributed by atoms with Crippen LogP contribution in [-0.2, 0) is 6.42 Å². The Kier molecular flexibility index (Phi) is 4.51. The molecule has 0 saturated carbocycles. The molecule has 0 fully saturated rings. The molecule has 4 heteroatoms. The van der Waals surface area contributed by atoms with Crippen LogP contribution in [0.15, 0.2) is 18.2 Å². The van der Waals surface area contributed by atoms with Gasteiger partial charge in [0.25, 0.3) is 0 Å². The van der Waals surface area contributed by atoms with E-state index >= 15 is 0 Å². The van der Waals surface area contributed by atoms with Crippen LogP contribution in [0, 0.1) is 5.82 Å². The van der Waals surface area contributed by atoms with Crippen LogP contribution in [-0.4, -0.2) is 17.3 Å². The molecule has 0 heterocycles. The first-order valence-electron chi connectivity index (χ1n) is 4.92. The second-order valence-electron chi connectivity index (χ2n) is 3.59. The average Bonchev–Trinajstić information content (AvgIpc) is 2.22. The van der Waals surface area contributed by atoms with Crippen LogP contribution in [0.3, 0.4) is 0 Å². The fraction of sp³-hybridized carbons (Fsp3) is 0.455. The lowest BCUT2D eigenvalue weighted by molar-refractivity contribution is 0.140. The number of hydrogen-bond donors (Lipinski definition) is 2. The first-order chi connectivity index (χ1) is 7.04. The summed E-state index contributed by atoms with van der Waals surface area (Å²) in [5, 5.41) is 9.57. The van der Waals surface area contributed by atoms with Crippen molar-refractivity contribution in [1.29, 1.82) is 0 Å². The van der Waals surface area contributed by atoms with Gasteiger partial charge >= 0.3 is 0 Å². The zero-order chi connectivity index (χ0) is 11.4. The van der Waals surface area contributed by atoms with Gasteiger partial charge in [-0.25, -0.2) is 4.39 Å². The van der Waals surface area contributed by atoms with Gasteiger partial charge in [0.1, 0.15) is 5.82 Å². The third-order valence-electron chi connectivity index (χ3n) is 2.37. The van der Waals surface area contributed by atoms with E-state index in [2.05, 4.69) is 0 Å². The van der Waals surface area contributed by atoms with Crippen LogP contribution in [0.4, 0.5) is 4.39 Å². The van der Waals surface area contributed by atoms with E-state index in [1.807, 2.05) is 6.92 Å². The number of aliphatic hydroxyl groups is 1. The molecule has 1 aromatic rings. The summed E-state index contributed by atoms with van der Waals surface area (Å²) in [5.74, 6) is -0.452. The monoisotopic (exact) mass is 231 g/mol. The normalized spacial score (nSPS) is 15.0. The number of rotatable bonds is 4. The first kappa shape index (κ1) is 12.4. The van der Waals surface area contributed by atoms with E-state index in [0.717, 1.165) is 5.56 Å². The van der Waals surface area contributed by atoms with Crippen molar-refractivity contribution in [3.63, 3.8) is 0 Å². The van der Waals surface area contributed by atoms with Gasteiger partial charge in [0.15, 0.2) is 0 Å². The minimum absolute atomic E-state index is 0.100. The van der Waals surface area contributed by atoms with Crippen molar-refractivity contribution < 1.29 is 9.50 Å². The van der Waals surface area contributed by atoms with Crippen LogP contribution < -0.4 is 5.73 Å². The van der Waals surface area contributed by atoms with Crippen LogP contribution in [0.2, 0.25) is 5.02 Å². The number of nitrogens with two attached hydrogens (primary N) is 1. The molecule has 0 aliphatic carbocycles. The molecule has 0 amide bonds. The zero-order valence-electron chi connectivity index (χ0n) is 8.58. The maximum Gasteiger partial charge on any atom is 0.142 e. The fourth-order valence-electron chi connectivity index (χ4n) is 1.38. The Morgan fingerprint density at radius 1 is 1.53 bits per heavy atom. The maximum atomic E-state index is 13.1. The number of hydrogen-bond acceptors (Lipinski definition) is 2. The molecule has 1 rings (SSSR count). The van der Waals surface area contributed by atoms with Gasteiger partial charge in [-0.05, 0) is 30.5 Å². The molecule has 0 aliphatic rings. The standard InChI is InChI=1S/C11H15ClFNO/c1-2-11(15)10(14)6-7-3-4-8(12)9(13)5-7/h3-5,10-11,15H,2,6,14H2,1H3. The molecule has 0 bridgehead atoms. The largest absolute Gasteiger partial charge is 0.392 e. The van der Waals surface area contributed by atoms with Crippen LogP contribution >= 0.6 is 11.6 Å². The van der Waals surface area contributed by atoms with Crippen molar-refractivity contribution in [3.05, 3.63) is 34.6 Å². The highest BCUT2D eigenvalue weighted by molar-refractivity contribution is 6.30. The third kappa shape index (κ3) is 3.45. The first-order valence-corrected chi connectivity index (χ1v) is 5.30. The minimum atomic E-state index is -0.552. The predicted octanol–water partition coefficient (Wildman–Crippen LogP) is 2.12. The lowest BCUT2D eigenvalue weighted by Crippen LogP contribution is -2.36. The van der Waals surface area contributed by atoms with Gasteiger partial charge in [-0.3, -0.25) is 0 Å². The summed E-state index contributed by atoms with van der Waals surface area (Å²) in [6.07, 6.45) is 0.490. The molecule has 1 aromatic carbocycles. The van der Waals surface area contributed by atoms with Gasteiger partial charge in [-0.2, -0.15) is 0 Å². The lowest BCUT2D eigenvalue weighted by atomic mass is 10.0. The second kappa shape index (κ2) is 5.45. The molecule has 0 aliphatic heterocycles. The molecule has 2 unspecified atom stereocenters. The van der Waals surface area contributed by atoms with Crippen LogP contribution in [0.25, 0.3) is 0 Å². The molecule has 0 aromatic heterocycles. The van der Waals surface area contributed by atoms with E-state index in [4.69, 9.17) is 17.3 Å². The molecule has 0 radical (unpaired) electrons. The highest BCUT2D eigenvalue weighted by Crippen LogP contribution is 2.17. The third-order valence-corrected chi connectivity index (χ3v) is 2.67. The molecule has 2 atom stereocenters. The molecule has 2 nitrogen and oxygen atoms in total. The highest BCUT2D eigenvalue weighted by atomic mass is 35.5. The smallest absolute Gasteiger partial charge is 0.142 e. The maximum absolute atomic E-state index is 13.1. The summed E-state index contributed by atoms with van der Waals surface area (Å²) >= 11 is 5.55. The summed E-state index contributed by atoms with van der Waals surface area (Å²) in [4.78, 5) is 0. The van der Waals surface area contributed by atoms with Crippen LogP contribution in [0.5, 0.6) is 0 Å².